The first kappa shape index (κ1) is 17.9. The molecule has 2 aliphatic rings. The number of amides is 1. The van der Waals surface area contributed by atoms with Crippen LogP contribution in [0, 0.1) is 0 Å². The number of hydrogen-bond donors (Lipinski definition) is 0. The van der Waals surface area contributed by atoms with Crippen LogP contribution in [-0.4, -0.2) is 55.7 Å². The molecule has 0 spiro atoms. The smallest absolute Gasteiger partial charge is 0.254 e. The second-order valence-corrected chi connectivity index (χ2v) is 7.38. The lowest BCUT2D eigenvalue weighted by Crippen LogP contribution is -2.40. The fraction of sp³-hybridized carbons (Fsp3) is 0.304. The van der Waals surface area contributed by atoms with E-state index in [0.29, 0.717) is 31.9 Å². The van der Waals surface area contributed by atoms with Gasteiger partial charge in [0.2, 0.25) is 0 Å². The number of carbonyl (C=O) groups is 1. The topological polar surface area (TPSA) is 54.9 Å². The van der Waals surface area contributed by atoms with E-state index in [1.165, 1.54) is 5.56 Å². The summed E-state index contributed by atoms with van der Waals surface area (Å²) in [5.41, 5.74) is 3.94. The van der Waals surface area contributed by atoms with Crippen molar-refractivity contribution < 1.29 is 14.3 Å². The van der Waals surface area contributed by atoms with Crippen LogP contribution in [0.15, 0.2) is 48.5 Å². The van der Waals surface area contributed by atoms with Crippen molar-refractivity contribution in [1.82, 2.24) is 9.88 Å². The zero-order valence-electron chi connectivity index (χ0n) is 16.4. The highest BCUT2D eigenvalue weighted by Gasteiger charge is 2.24. The Morgan fingerprint density at radius 3 is 2.59 bits per heavy atom. The zero-order chi connectivity index (χ0) is 19.8. The van der Waals surface area contributed by atoms with Crippen molar-refractivity contribution in [3.05, 3.63) is 59.7 Å². The van der Waals surface area contributed by atoms with E-state index in [4.69, 9.17) is 14.5 Å². The van der Waals surface area contributed by atoms with Gasteiger partial charge in [0, 0.05) is 42.3 Å². The van der Waals surface area contributed by atoms with Crippen LogP contribution in [0.4, 0.5) is 11.5 Å². The molecule has 0 aliphatic carbocycles. The minimum Gasteiger partial charge on any atom is -0.497 e. The summed E-state index contributed by atoms with van der Waals surface area (Å²) in [5, 5.41) is 1.12. The minimum atomic E-state index is 0.0675. The van der Waals surface area contributed by atoms with Gasteiger partial charge in [-0.3, -0.25) is 4.79 Å². The van der Waals surface area contributed by atoms with E-state index < -0.39 is 0 Å². The molecule has 6 nitrogen and oxygen atoms in total. The van der Waals surface area contributed by atoms with Crippen molar-refractivity contribution in [1.29, 1.82) is 0 Å². The lowest BCUT2D eigenvalue weighted by Gasteiger charge is -2.27. The number of methoxy groups -OCH3 is 1. The molecule has 0 unspecified atom stereocenters. The van der Waals surface area contributed by atoms with Crippen molar-refractivity contribution >= 4 is 28.3 Å². The average Bonchev–Trinajstić information content (AvgIpc) is 3.20. The zero-order valence-corrected chi connectivity index (χ0v) is 16.4. The Kier molecular flexibility index (Phi) is 4.56. The van der Waals surface area contributed by atoms with Crippen LogP contribution in [0.3, 0.4) is 0 Å². The maximum atomic E-state index is 12.7. The van der Waals surface area contributed by atoms with Gasteiger partial charge < -0.3 is 19.3 Å². The van der Waals surface area contributed by atoms with Crippen molar-refractivity contribution in [3.8, 4) is 5.75 Å². The van der Waals surface area contributed by atoms with E-state index in [-0.39, 0.29) is 5.91 Å². The third-order valence-corrected chi connectivity index (χ3v) is 5.67. The average molecular weight is 389 g/mol. The highest BCUT2D eigenvalue weighted by atomic mass is 16.5. The van der Waals surface area contributed by atoms with Gasteiger partial charge in [-0.1, -0.05) is 0 Å². The Morgan fingerprint density at radius 1 is 1.03 bits per heavy atom. The number of rotatable bonds is 3. The van der Waals surface area contributed by atoms with Crippen LogP contribution < -0.4 is 9.64 Å². The number of fused-ring (bicyclic) bond motifs is 2. The molecular formula is C23H23N3O3. The fourth-order valence-electron chi connectivity index (χ4n) is 4.05. The summed E-state index contributed by atoms with van der Waals surface area (Å²) in [7, 11) is 1.67. The summed E-state index contributed by atoms with van der Waals surface area (Å²) in [5.74, 6) is 1.86. The molecule has 5 rings (SSSR count). The van der Waals surface area contributed by atoms with Crippen LogP contribution >= 0.6 is 0 Å². The molecule has 0 saturated carbocycles. The summed E-state index contributed by atoms with van der Waals surface area (Å²) in [6.07, 6.45) is 0.957. The molecule has 2 aliphatic heterocycles. The van der Waals surface area contributed by atoms with Gasteiger partial charge >= 0.3 is 0 Å². The summed E-state index contributed by atoms with van der Waals surface area (Å²) in [4.78, 5) is 21.7. The normalized spacial score (nSPS) is 16.2. The molecule has 0 atom stereocenters. The highest BCUT2D eigenvalue weighted by molar-refractivity contribution is 5.95. The molecule has 1 fully saturated rings. The van der Waals surface area contributed by atoms with Gasteiger partial charge in [0.05, 0.1) is 25.8 Å². The second-order valence-electron chi connectivity index (χ2n) is 7.38. The maximum Gasteiger partial charge on any atom is 0.254 e. The van der Waals surface area contributed by atoms with Crippen LogP contribution in [-0.2, 0) is 11.2 Å². The number of ether oxygens (including phenoxy) is 2. The summed E-state index contributed by atoms with van der Waals surface area (Å²) < 4.78 is 10.7. The molecule has 148 valence electrons. The molecule has 0 N–H and O–H groups in total. The van der Waals surface area contributed by atoms with Crippen LogP contribution in [0.5, 0.6) is 5.75 Å². The monoisotopic (exact) mass is 389 g/mol. The summed E-state index contributed by atoms with van der Waals surface area (Å²) in [6, 6.07) is 16.1. The number of hydrogen-bond acceptors (Lipinski definition) is 5. The van der Waals surface area contributed by atoms with Crippen LogP contribution in [0.1, 0.15) is 15.9 Å². The van der Waals surface area contributed by atoms with Crippen molar-refractivity contribution in [2.75, 3.05) is 44.9 Å². The van der Waals surface area contributed by atoms with Crippen molar-refractivity contribution in [3.63, 3.8) is 0 Å². The Hall–Kier alpha value is -3.12. The molecule has 3 heterocycles. The Balaban J connectivity index is 1.42. The molecule has 0 bridgehead atoms. The van der Waals surface area contributed by atoms with Crippen molar-refractivity contribution in [2.24, 2.45) is 0 Å². The van der Waals surface area contributed by atoms with Crippen LogP contribution in [0.25, 0.3) is 10.9 Å². The number of benzene rings is 2. The molecule has 2 aromatic carbocycles. The summed E-state index contributed by atoms with van der Waals surface area (Å²) >= 11 is 0. The van der Waals surface area contributed by atoms with Crippen LogP contribution in [0.2, 0.25) is 0 Å². The first-order chi connectivity index (χ1) is 14.2. The SMILES string of the molecule is COc1ccc2cc3c(nc2c1)N(c1ccc(C(=O)N2CCOCC2)cc1)CC3. The second kappa shape index (κ2) is 7.37. The van der Waals surface area contributed by atoms with Crippen molar-refractivity contribution in [2.45, 2.75) is 6.42 Å². The first-order valence-electron chi connectivity index (χ1n) is 9.95. The van der Waals surface area contributed by atoms with Gasteiger partial charge in [0.25, 0.3) is 5.91 Å². The predicted molar refractivity (Wildman–Crippen MR) is 112 cm³/mol. The number of anilines is 2. The lowest BCUT2D eigenvalue weighted by atomic mass is 10.1. The first-order valence-corrected chi connectivity index (χ1v) is 9.95. The molecule has 1 amide bonds. The fourth-order valence-corrected chi connectivity index (χ4v) is 4.05. The van der Waals surface area contributed by atoms with E-state index in [1.54, 1.807) is 7.11 Å². The van der Waals surface area contributed by atoms with E-state index in [1.807, 2.05) is 41.3 Å². The van der Waals surface area contributed by atoms with Gasteiger partial charge in [-0.15, -0.1) is 0 Å². The third kappa shape index (κ3) is 3.29. The van der Waals surface area contributed by atoms with Gasteiger partial charge in [0.15, 0.2) is 0 Å². The highest BCUT2D eigenvalue weighted by Crippen LogP contribution is 2.35. The summed E-state index contributed by atoms with van der Waals surface area (Å²) in [6.45, 7) is 3.41. The molecule has 29 heavy (non-hydrogen) atoms. The van der Waals surface area contributed by atoms with E-state index in [0.717, 1.165) is 41.1 Å². The number of morpholine rings is 1. The standard InChI is InChI=1S/C23H23N3O3/c1-28-20-7-4-17-14-18-8-9-26(22(18)24-21(17)15-20)19-5-2-16(3-6-19)23(27)25-10-12-29-13-11-25/h2-7,14-15H,8-13H2,1H3. The molecule has 6 heteroatoms. The molecule has 1 aromatic heterocycles. The maximum absolute atomic E-state index is 12.7. The van der Waals surface area contributed by atoms with Gasteiger partial charge in [-0.2, -0.15) is 0 Å². The minimum absolute atomic E-state index is 0.0675. The molecule has 0 radical (unpaired) electrons. The number of pyridine rings is 1. The predicted octanol–water partition coefficient (Wildman–Crippen LogP) is 3.41. The number of carbonyl (C=O) groups excluding carboxylic acids is 1. The number of nitrogens with zero attached hydrogens (tertiary/aromatic N) is 3. The Morgan fingerprint density at radius 2 is 1.83 bits per heavy atom. The van der Waals surface area contributed by atoms with Gasteiger partial charge in [-0.25, -0.2) is 4.98 Å². The quantitative estimate of drug-likeness (QED) is 0.687. The molecule has 1 saturated heterocycles. The van der Waals surface area contributed by atoms with E-state index in [2.05, 4.69) is 17.0 Å². The largest absolute Gasteiger partial charge is 0.497 e. The van der Waals surface area contributed by atoms with E-state index in [9.17, 15) is 4.79 Å². The molecular weight excluding hydrogens is 366 g/mol. The van der Waals surface area contributed by atoms with Gasteiger partial charge in [-0.05, 0) is 54.4 Å². The third-order valence-electron chi connectivity index (χ3n) is 5.67. The van der Waals surface area contributed by atoms with Gasteiger partial charge in [0.1, 0.15) is 11.6 Å². The lowest BCUT2D eigenvalue weighted by molar-refractivity contribution is 0.0303. The Bertz CT molecular complexity index is 1060. The Labute approximate surface area is 169 Å². The van der Waals surface area contributed by atoms with E-state index >= 15 is 0 Å². The molecule has 3 aromatic rings. The number of aromatic nitrogens is 1.